The van der Waals surface area contributed by atoms with Crippen LogP contribution in [0.1, 0.15) is 17.2 Å². The van der Waals surface area contributed by atoms with Crippen molar-refractivity contribution >= 4 is 47.0 Å². The van der Waals surface area contributed by atoms with Crippen molar-refractivity contribution in [3.05, 3.63) is 41.7 Å². The largest absolute Gasteiger partial charge is 0.493 e. The molecule has 1 aromatic carbocycles. The van der Waals surface area contributed by atoms with Crippen molar-refractivity contribution in [2.75, 3.05) is 14.2 Å². The van der Waals surface area contributed by atoms with Crippen LogP contribution in [-0.4, -0.2) is 29.2 Å². The monoisotopic (exact) mass is 359 g/mol. The highest BCUT2D eigenvalue weighted by molar-refractivity contribution is 6.66. The van der Waals surface area contributed by atoms with Gasteiger partial charge in [-0.3, -0.25) is 0 Å². The van der Waals surface area contributed by atoms with Gasteiger partial charge in [0.1, 0.15) is 6.33 Å². The van der Waals surface area contributed by atoms with Gasteiger partial charge in [0.2, 0.25) is 3.79 Å². The molecule has 0 radical (unpaired) electrons. The normalized spacial score (nSPS) is 11.7. The Morgan fingerprint density at radius 3 is 2.36 bits per heavy atom. The average Bonchev–Trinajstić information content (AvgIpc) is 2.52. The minimum atomic E-state index is -1.69. The lowest BCUT2D eigenvalue weighted by Gasteiger charge is -2.08. The molecule has 1 heterocycles. The van der Waals surface area contributed by atoms with E-state index >= 15 is 0 Å². The van der Waals surface area contributed by atoms with Gasteiger partial charge in [-0.05, 0) is 23.8 Å². The molecule has 0 saturated carbocycles. The number of aromatic nitrogens is 3. The fourth-order valence-corrected chi connectivity index (χ4v) is 1.93. The number of hydrogen-bond donors (Lipinski definition) is 0. The molecule has 2 aromatic rings. The van der Waals surface area contributed by atoms with E-state index in [-0.39, 0.29) is 5.82 Å². The minimum absolute atomic E-state index is 0.0689. The van der Waals surface area contributed by atoms with E-state index in [2.05, 4.69) is 15.0 Å². The topological polar surface area (TPSA) is 57.1 Å². The number of ether oxygens (including phenoxy) is 2. The van der Waals surface area contributed by atoms with Crippen molar-refractivity contribution in [1.82, 2.24) is 15.0 Å². The van der Waals surface area contributed by atoms with Crippen LogP contribution in [0.2, 0.25) is 0 Å². The number of nitrogens with zero attached hydrogens (tertiary/aromatic N) is 3. The van der Waals surface area contributed by atoms with Crippen molar-refractivity contribution < 1.29 is 9.47 Å². The van der Waals surface area contributed by atoms with Crippen LogP contribution >= 0.6 is 34.8 Å². The van der Waals surface area contributed by atoms with Crippen LogP contribution < -0.4 is 9.47 Å². The van der Waals surface area contributed by atoms with Crippen molar-refractivity contribution in [3.8, 4) is 11.5 Å². The highest BCUT2D eigenvalue weighted by atomic mass is 35.6. The Bertz CT molecular complexity index is 687. The standard InChI is InChI=1S/C14H12Cl3N3O2/c1-21-10-5-3-9(7-11(10)22-2)4-6-12-18-8-19-13(20-12)14(15,16)17/h3-8H,1-2H3. The number of halogens is 3. The van der Waals surface area contributed by atoms with Crippen LogP contribution in [0.25, 0.3) is 12.2 Å². The van der Waals surface area contributed by atoms with E-state index in [1.165, 1.54) is 6.33 Å². The molecule has 0 aliphatic rings. The summed E-state index contributed by atoms with van der Waals surface area (Å²) < 4.78 is 8.74. The van der Waals surface area contributed by atoms with Crippen LogP contribution in [0.3, 0.4) is 0 Å². The molecule has 0 spiro atoms. The maximum absolute atomic E-state index is 5.74. The first-order valence-corrected chi connectivity index (χ1v) is 7.24. The van der Waals surface area contributed by atoms with Crippen LogP contribution in [-0.2, 0) is 3.79 Å². The molecular weight excluding hydrogens is 349 g/mol. The maximum atomic E-state index is 5.74. The van der Waals surface area contributed by atoms with Crippen molar-refractivity contribution in [2.45, 2.75) is 3.79 Å². The SMILES string of the molecule is COc1ccc(C=Cc2ncnc(C(Cl)(Cl)Cl)n2)cc1OC. The zero-order chi connectivity index (χ0) is 16.2. The van der Waals surface area contributed by atoms with Crippen LogP contribution in [0.5, 0.6) is 11.5 Å². The Labute approximate surface area is 142 Å². The molecule has 0 saturated heterocycles. The number of hydrogen-bond acceptors (Lipinski definition) is 5. The van der Waals surface area contributed by atoms with Crippen LogP contribution in [0, 0.1) is 0 Å². The van der Waals surface area contributed by atoms with Crippen molar-refractivity contribution in [2.24, 2.45) is 0 Å². The summed E-state index contributed by atoms with van der Waals surface area (Å²) in [6.45, 7) is 0. The summed E-state index contributed by atoms with van der Waals surface area (Å²) in [5.74, 6) is 1.73. The third-order valence-corrected chi connectivity index (χ3v) is 3.18. The van der Waals surface area contributed by atoms with E-state index in [1.54, 1.807) is 32.4 Å². The van der Waals surface area contributed by atoms with E-state index < -0.39 is 3.79 Å². The predicted octanol–water partition coefficient (Wildman–Crippen LogP) is 3.89. The van der Waals surface area contributed by atoms with Gasteiger partial charge >= 0.3 is 0 Å². The molecule has 0 aliphatic carbocycles. The Balaban J connectivity index is 2.25. The molecule has 0 fully saturated rings. The van der Waals surface area contributed by atoms with Gasteiger partial charge in [-0.1, -0.05) is 46.9 Å². The molecule has 0 unspecified atom stereocenters. The van der Waals surface area contributed by atoms with Gasteiger partial charge in [-0.15, -0.1) is 0 Å². The van der Waals surface area contributed by atoms with Gasteiger partial charge in [-0.2, -0.15) is 0 Å². The van der Waals surface area contributed by atoms with E-state index in [0.717, 1.165) is 5.56 Å². The zero-order valence-electron chi connectivity index (χ0n) is 11.8. The van der Waals surface area contributed by atoms with Gasteiger partial charge < -0.3 is 9.47 Å². The second-order valence-electron chi connectivity index (χ2n) is 4.11. The number of methoxy groups -OCH3 is 2. The molecule has 22 heavy (non-hydrogen) atoms. The van der Waals surface area contributed by atoms with Gasteiger partial charge in [0, 0.05) is 0 Å². The fourth-order valence-electron chi connectivity index (χ4n) is 1.65. The van der Waals surface area contributed by atoms with E-state index in [4.69, 9.17) is 44.3 Å². The molecule has 1 aromatic heterocycles. The molecule has 0 bridgehead atoms. The molecule has 5 nitrogen and oxygen atoms in total. The molecule has 0 N–H and O–H groups in total. The quantitative estimate of drug-likeness (QED) is 0.774. The third-order valence-electron chi connectivity index (χ3n) is 2.68. The molecule has 0 aliphatic heterocycles. The lowest BCUT2D eigenvalue weighted by molar-refractivity contribution is 0.355. The summed E-state index contributed by atoms with van der Waals surface area (Å²) >= 11 is 17.2. The summed E-state index contributed by atoms with van der Waals surface area (Å²) in [5, 5.41) is 0. The van der Waals surface area contributed by atoms with Gasteiger partial charge in [0.05, 0.1) is 14.2 Å². The summed E-state index contributed by atoms with van der Waals surface area (Å²) in [6.07, 6.45) is 4.78. The number of rotatable bonds is 4. The molecule has 2 rings (SSSR count). The number of alkyl halides is 3. The van der Waals surface area contributed by atoms with E-state index in [9.17, 15) is 0 Å². The second-order valence-corrected chi connectivity index (χ2v) is 6.39. The Hall–Kier alpha value is -1.56. The lowest BCUT2D eigenvalue weighted by Crippen LogP contribution is -2.08. The molecule has 116 valence electrons. The smallest absolute Gasteiger partial charge is 0.250 e. The Morgan fingerprint density at radius 2 is 1.73 bits per heavy atom. The Morgan fingerprint density at radius 1 is 1.00 bits per heavy atom. The first kappa shape index (κ1) is 16.8. The fraction of sp³-hybridized carbons (Fsp3) is 0.214. The number of benzene rings is 1. The van der Waals surface area contributed by atoms with Crippen molar-refractivity contribution in [1.29, 1.82) is 0 Å². The molecule has 0 amide bonds. The highest BCUT2D eigenvalue weighted by Crippen LogP contribution is 2.35. The van der Waals surface area contributed by atoms with Crippen LogP contribution in [0.15, 0.2) is 24.5 Å². The zero-order valence-corrected chi connectivity index (χ0v) is 14.0. The molecule has 0 atom stereocenters. The lowest BCUT2D eigenvalue weighted by atomic mass is 10.2. The van der Waals surface area contributed by atoms with Crippen LogP contribution in [0.4, 0.5) is 0 Å². The first-order chi connectivity index (χ1) is 10.4. The van der Waals surface area contributed by atoms with Crippen molar-refractivity contribution in [3.63, 3.8) is 0 Å². The Kier molecular flexibility index (Phi) is 5.45. The summed E-state index contributed by atoms with van der Waals surface area (Å²) in [6, 6.07) is 5.50. The minimum Gasteiger partial charge on any atom is -0.493 e. The molecule has 8 heteroatoms. The maximum Gasteiger partial charge on any atom is 0.250 e. The third kappa shape index (κ3) is 4.22. The second kappa shape index (κ2) is 7.13. The highest BCUT2D eigenvalue weighted by Gasteiger charge is 2.26. The molecular formula is C14H12Cl3N3O2. The van der Waals surface area contributed by atoms with Gasteiger partial charge in [-0.25, -0.2) is 15.0 Å². The predicted molar refractivity (Wildman–Crippen MR) is 87.5 cm³/mol. The average molecular weight is 361 g/mol. The summed E-state index contributed by atoms with van der Waals surface area (Å²) in [5.41, 5.74) is 0.883. The van der Waals surface area contributed by atoms with Gasteiger partial charge in [0.15, 0.2) is 23.1 Å². The summed E-state index contributed by atoms with van der Waals surface area (Å²) in [7, 11) is 3.15. The first-order valence-electron chi connectivity index (χ1n) is 6.10. The summed E-state index contributed by atoms with van der Waals surface area (Å²) in [4.78, 5) is 11.9. The van der Waals surface area contributed by atoms with E-state index in [0.29, 0.717) is 17.3 Å². The van der Waals surface area contributed by atoms with E-state index in [1.807, 2.05) is 12.1 Å². The van der Waals surface area contributed by atoms with Gasteiger partial charge in [0.25, 0.3) is 0 Å².